The van der Waals surface area contributed by atoms with Gasteiger partial charge in [0.05, 0.1) is 13.2 Å². The fourth-order valence-corrected chi connectivity index (χ4v) is 2.72. The molecule has 1 aromatic carbocycles. The van der Waals surface area contributed by atoms with Gasteiger partial charge in [-0.05, 0) is 29.8 Å². The van der Waals surface area contributed by atoms with E-state index in [-0.39, 0.29) is 5.60 Å². The molecule has 4 heteroatoms. The van der Waals surface area contributed by atoms with Gasteiger partial charge in [0.25, 0.3) is 0 Å². The van der Waals surface area contributed by atoms with Crippen LogP contribution in [0.1, 0.15) is 5.56 Å². The quantitative estimate of drug-likeness (QED) is 0.729. The summed E-state index contributed by atoms with van der Waals surface area (Å²) in [5.74, 6) is 0.824. The zero-order chi connectivity index (χ0) is 12.2. The average molecular weight is 260 g/mol. The highest BCUT2D eigenvalue weighted by Gasteiger charge is 2.47. The van der Waals surface area contributed by atoms with E-state index in [4.69, 9.17) is 21.1 Å². The highest BCUT2D eigenvalue weighted by Crippen LogP contribution is 2.48. The van der Waals surface area contributed by atoms with Gasteiger partial charge in [0.1, 0.15) is 5.75 Å². The van der Waals surface area contributed by atoms with E-state index >= 15 is 0 Å². The molecule has 1 aromatic heterocycles. The number of nitrogens with zero attached hydrogens (tertiary/aromatic N) is 1. The van der Waals surface area contributed by atoms with Gasteiger partial charge in [-0.1, -0.05) is 11.6 Å². The molecule has 1 saturated heterocycles. The lowest BCUT2D eigenvalue weighted by molar-refractivity contribution is -0.169. The van der Waals surface area contributed by atoms with E-state index in [0.29, 0.717) is 18.2 Å². The van der Waals surface area contributed by atoms with Crippen molar-refractivity contribution in [2.45, 2.75) is 5.60 Å². The number of benzene rings is 1. The Bertz CT molecular complexity index is 637. The first-order valence-electron chi connectivity index (χ1n) is 5.80. The van der Waals surface area contributed by atoms with Crippen LogP contribution in [0.4, 0.5) is 0 Å². The van der Waals surface area contributed by atoms with Gasteiger partial charge in [-0.2, -0.15) is 0 Å². The third kappa shape index (κ3) is 1.26. The van der Waals surface area contributed by atoms with Gasteiger partial charge >= 0.3 is 0 Å². The van der Waals surface area contributed by atoms with Crippen LogP contribution < -0.4 is 4.74 Å². The SMILES string of the molecule is Clc1ccc2c(c1)OC1(COC1)c1cnccc1-2. The normalized spacial score (nSPS) is 18.5. The van der Waals surface area contributed by atoms with Crippen molar-refractivity contribution >= 4 is 11.6 Å². The van der Waals surface area contributed by atoms with Gasteiger partial charge in [-0.15, -0.1) is 0 Å². The second-order valence-corrected chi connectivity index (χ2v) is 5.09. The average Bonchev–Trinajstić information content (AvgIpc) is 2.35. The number of fused-ring (bicyclic) bond motifs is 4. The molecule has 0 saturated carbocycles. The van der Waals surface area contributed by atoms with E-state index in [1.54, 1.807) is 6.20 Å². The smallest absolute Gasteiger partial charge is 0.182 e. The molecule has 0 bridgehead atoms. The molecule has 2 aromatic rings. The minimum Gasteiger partial charge on any atom is -0.477 e. The van der Waals surface area contributed by atoms with Crippen molar-refractivity contribution < 1.29 is 9.47 Å². The van der Waals surface area contributed by atoms with Crippen molar-refractivity contribution in [2.75, 3.05) is 13.2 Å². The lowest BCUT2D eigenvalue weighted by Gasteiger charge is -2.45. The Morgan fingerprint density at radius 3 is 2.83 bits per heavy atom. The lowest BCUT2D eigenvalue weighted by Crippen LogP contribution is -2.53. The number of hydrogen-bond acceptors (Lipinski definition) is 3. The molecule has 1 spiro atoms. The summed E-state index contributed by atoms with van der Waals surface area (Å²) in [5, 5.41) is 0.682. The monoisotopic (exact) mass is 259 g/mol. The standard InChI is InChI=1S/C14H10ClNO2/c15-9-1-2-11-10-3-4-16-6-12(10)14(7-17-8-14)18-13(11)5-9/h1-6H,7-8H2. The topological polar surface area (TPSA) is 31.4 Å². The van der Waals surface area contributed by atoms with Crippen molar-refractivity contribution in [3.05, 3.63) is 47.2 Å². The van der Waals surface area contributed by atoms with E-state index in [2.05, 4.69) is 4.98 Å². The predicted molar refractivity (Wildman–Crippen MR) is 67.8 cm³/mol. The van der Waals surface area contributed by atoms with Gasteiger partial charge in [0.15, 0.2) is 5.60 Å². The van der Waals surface area contributed by atoms with Gasteiger partial charge in [-0.3, -0.25) is 4.98 Å². The lowest BCUT2D eigenvalue weighted by atomic mass is 9.84. The molecule has 0 atom stereocenters. The molecule has 0 amide bonds. The van der Waals surface area contributed by atoms with Crippen molar-refractivity contribution in [3.63, 3.8) is 0 Å². The Kier molecular flexibility index (Phi) is 1.99. The molecule has 0 radical (unpaired) electrons. The zero-order valence-electron chi connectivity index (χ0n) is 9.52. The summed E-state index contributed by atoms with van der Waals surface area (Å²) < 4.78 is 11.4. The molecule has 0 unspecified atom stereocenters. The van der Waals surface area contributed by atoms with Gasteiger partial charge < -0.3 is 9.47 Å². The van der Waals surface area contributed by atoms with E-state index in [1.807, 2.05) is 30.5 Å². The number of aromatic nitrogens is 1. The Hall–Kier alpha value is -1.58. The van der Waals surface area contributed by atoms with Gasteiger partial charge in [0, 0.05) is 28.5 Å². The summed E-state index contributed by atoms with van der Waals surface area (Å²) in [5.41, 5.74) is 2.95. The maximum Gasteiger partial charge on any atom is 0.182 e. The molecule has 4 rings (SSSR count). The maximum atomic E-state index is 6.11. The van der Waals surface area contributed by atoms with Crippen LogP contribution >= 0.6 is 11.6 Å². The number of hydrogen-bond donors (Lipinski definition) is 0. The molecule has 2 aliphatic heterocycles. The van der Waals surface area contributed by atoms with E-state index in [1.165, 1.54) is 0 Å². The van der Waals surface area contributed by atoms with E-state index in [0.717, 1.165) is 22.4 Å². The molecule has 3 heterocycles. The van der Waals surface area contributed by atoms with Gasteiger partial charge in [0.2, 0.25) is 0 Å². The highest BCUT2D eigenvalue weighted by molar-refractivity contribution is 6.30. The second-order valence-electron chi connectivity index (χ2n) is 4.65. The molecular weight excluding hydrogens is 250 g/mol. The Labute approximate surface area is 109 Å². The fourth-order valence-electron chi connectivity index (χ4n) is 2.56. The minimum atomic E-state index is -0.374. The maximum absolute atomic E-state index is 6.11. The Balaban J connectivity index is 2.00. The molecule has 2 aliphatic rings. The first kappa shape index (κ1) is 10.4. The van der Waals surface area contributed by atoms with E-state index < -0.39 is 0 Å². The van der Waals surface area contributed by atoms with Crippen LogP contribution in [-0.4, -0.2) is 18.2 Å². The molecule has 90 valence electrons. The van der Waals surface area contributed by atoms with Crippen LogP contribution in [0, 0.1) is 0 Å². The molecule has 3 nitrogen and oxygen atoms in total. The van der Waals surface area contributed by atoms with Crippen LogP contribution in [0.15, 0.2) is 36.7 Å². The molecule has 0 N–H and O–H groups in total. The number of rotatable bonds is 0. The summed E-state index contributed by atoms with van der Waals surface area (Å²) in [6.45, 7) is 1.13. The predicted octanol–water partition coefficient (Wildman–Crippen LogP) is 3.02. The van der Waals surface area contributed by atoms with Crippen molar-refractivity contribution in [3.8, 4) is 16.9 Å². The summed E-state index contributed by atoms with van der Waals surface area (Å²) in [6, 6.07) is 7.75. The summed E-state index contributed by atoms with van der Waals surface area (Å²) >= 11 is 6.03. The van der Waals surface area contributed by atoms with Crippen LogP contribution in [0.3, 0.4) is 0 Å². The Morgan fingerprint density at radius 2 is 2.06 bits per heavy atom. The number of ether oxygens (including phenoxy) is 2. The molecule has 1 fully saturated rings. The third-order valence-corrected chi connectivity index (χ3v) is 3.76. The second kappa shape index (κ2) is 3.46. The van der Waals surface area contributed by atoms with Crippen LogP contribution in [0.25, 0.3) is 11.1 Å². The zero-order valence-corrected chi connectivity index (χ0v) is 10.3. The van der Waals surface area contributed by atoms with E-state index in [9.17, 15) is 0 Å². The molecular formula is C14H10ClNO2. The number of halogens is 1. The first-order chi connectivity index (χ1) is 8.78. The van der Waals surface area contributed by atoms with Crippen molar-refractivity contribution in [1.82, 2.24) is 4.98 Å². The summed E-state index contributed by atoms with van der Waals surface area (Å²) in [6.07, 6.45) is 3.67. The highest BCUT2D eigenvalue weighted by atomic mass is 35.5. The van der Waals surface area contributed by atoms with Crippen LogP contribution in [-0.2, 0) is 10.3 Å². The van der Waals surface area contributed by atoms with Crippen molar-refractivity contribution in [1.29, 1.82) is 0 Å². The first-order valence-corrected chi connectivity index (χ1v) is 6.17. The largest absolute Gasteiger partial charge is 0.477 e. The Morgan fingerprint density at radius 1 is 1.17 bits per heavy atom. The summed E-state index contributed by atoms with van der Waals surface area (Å²) in [4.78, 5) is 4.20. The fraction of sp³-hybridized carbons (Fsp3) is 0.214. The summed E-state index contributed by atoms with van der Waals surface area (Å²) in [7, 11) is 0. The molecule has 18 heavy (non-hydrogen) atoms. The molecule has 0 aliphatic carbocycles. The number of pyridine rings is 1. The van der Waals surface area contributed by atoms with Crippen LogP contribution in [0.2, 0.25) is 5.02 Å². The van der Waals surface area contributed by atoms with Crippen molar-refractivity contribution in [2.24, 2.45) is 0 Å². The third-order valence-electron chi connectivity index (χ3n) is 3.52. The van der Waals surface area contributed by atoms with Crippen LogP contribution in [0.5, 0.6) is 5.75 Å². The van der Waals surface area contributed by atoms with Gasteiger partial charge in [-0.25, -0.2) is 0 Å². The minimum absolute atomic E-state index is 0.374.